The highest BCUT2D eigenvalue weighted by Crippen LogP contribution is 2.40. The zero-order valence-corrected chi connectivity index (χ0v) is 12.2. The van der Waals surface area contributed by atoms with Crippen LogP contribution in [0.3, 0.4) is 0 Å². The van der Waals surface area contributed by atoms with Crippen LogP contribution in [0, 0.1) is 5.41 Å². The molecule has 106 valence electrons. The highest BCUT2D eigenvalue weighted by Gasteiger charge is 2.31. The van der Waals surface area contributed by atoms with Gasteiger partial charge in [0.15, 0.2) is 0 Å². The average Bonchev–Trinajstić information content (AvgIpc) is 2.93. The Labute approximate surface area is 117 Å². The largest absolute Gasteiger partial charge is 0.494 e. The van der Waals surface area contributed by atoms with Crippen LogP contribution in [0.2, 0.25) is 0 Å². The maximum atomic E-state index is 5.69. The van der Waals surface area contributed by atoms with Crippen molar-refractivity contribution in [3.8, 4) is 5.75 Å². The Kier molecular flexibility index (Phi) is 5.71. The van der Waals surface area contributed by atoms with Gasteiger partial charge in [-0.25, -0.2) is 0 Å². The molecule has 0 aliphatic heterocycles. The Bertz CT molecular complexity index is 344. The van der Waals surface area contributed by atoms with Crippen LogP contribution in [0.25, 0.3) is 0 Å². The van der Waals surface area contributed by atoms with Crippen LogP contribution < -0.4 is 10.1 Å². The molecule has 1 aliphatic rings. The van der Waals surface area contributed by atoms with Crippen LogP contribution in [0.15, 0.2) is 30.3 Å². The third-order valence-corrected chi connectivity index (χ3v) is 4.42. The van der Waals surface area contributed by atoms with E-state index in [0.29, 0.717) is 5.41 Å². The summed E-state index contributed by atoms with van der Waals surface area (Å²) in [6.07, 6.45) is 8.07. The molecule has 1 aromatic carbocycles. The Morgan fingerprint density at radius 2 is 1.89 bits per heavy atom. The topological polar surface area (TPSA) is 21.3 Å². The van der Waals surface area contributed by atoms with Gasteiger partial charge >= 0.3 is 0 Å². The average molecular weight is 261 g/mol. The molecule has 1 saturated carbocycles. The maximum absolute atomic E-state index is 5.69. The Morgan fingerprint density at radius 1 is 1.16 bits per heavy atom. The standard InChI is InChI=1S/C17H27NO/c1-2-17(11-6-7-12-17)15-18-13-8-14-19-16-9-4-3-5-10-16/h3-5,9-10,18H,2,6-8,11-15H2,1H3. The fourth-order valence-electron chi connectivity index (χ4n) is 3.04. The molecule has 2 nitrogen and oxygen atoms in total. The third-order valence-electron chi connectivity index (χ3n) is 4.42. The summed E-state index contributed by atoms with van der Waals surface area (Å²) in [5.74, 6) is 0.975. The molecule has 0 bridgehead atoms. The molecule has 0 heterocycles. The van der Waals surface area contributed by atoms with E-state index >= 15 is 0 Å². The van der Waals surface area contributed by atoms with Crippen LogP contribution in [0.4, 0.5) is 0 Å². The summed E-state index contributed by atoms with van der Waals surface area (Å²) in [6, 6.07) is 10.1. The van der Waals surface area contributed by atoms with E-state index in [1.54, 1.807) is 0 Å². The summed E-state index contributed by atoms with van der Waals surface area (Å²) < 4.78 is 5.69. The van der Waals surface area contributed by atoms with Gasteiger partial charge in [-0.15, -0.1) is 0 Å². The highest BCUT2D eigenvalue weighted by molar-refractivity contribution is 5.20. The fourth-order valence-corrected chi connectivity index (χ4v) is 3.04. The summed E-state index contributed by atoms with van der Waals surface area (Å²) in [5, 5.41) is 3.63. The van der Waals surface area contributed by atoms with Gasteiger partial charge in [0.05, 0.1) is 6.61 Å². The van der Waals surface area contributed by atoms with Crippen LogP contribution in [-0.4, -0.2) is 19.7 Å². The molecule has 1 fully saturated rings. The van der Waals surface area contributed by atoms with Gasteiger partial charge < -0.3 is 10.1 Å². The number of hydrogen-bond donors (Lipinski definition) is 1. The summed E-state index contributed by atoms with van der Waals surface area (Å²) in [5.41, 5.74) is 0.598. The van der Waals surface area contributed by atoms with Crippen molar-refractivity contribution in [1.29, 1.82) is 0 Å². The normalized spacial score (nSPS) is 17.5. The molecule has 0 aromatic heterocycles. The van der Waals surface area contributed by atoms with E-state index in [2.05, 4.69) is 12.2 Å². The molecule has 19 heavy (non-hydrogen) atoms. The maximum Gasteiger partial charge on any atom is 0.119 e. The summed E-state index contributed by atoms with van der Waals surface area (Å²) >= 11 is 0. The molecule has 0 spiro atoms. The van der Waals surface area contributed by atoms with Gasteiger partial charge in [-0.2, -0.15) is 0 Å². The van der Waals surface area contributed by atoms with E-state index in [-0.39, 0.29) is 0 Å². The molecule has 0 atom stereocenters. The molecule has 0 amide bonds. The lowest BCUT2D eigenvalue weighted by Gasteiger charge is -2.27. The SMILES string of the molecule is CCC1(CNCCCOc2ccccc2)CCCC1. The molecule has 1 aliphatic carbocycles. The lowest BCUT2D eigenvalue weighted by molar-refractivity contribution is 0.259. The molecule has 1 aromatic rings. The van der Waals surface area contributed by atoms with Gasteiger partial charge in [-0.1, -0.05) is 38.0 Å². The minimum Gasteiger partial charge on any atom is -0.494 e. The van der Waals surface area contributed by atoms with Crippen molar-refractivity contribution < 1.29 is 4.74 Å². The Balaban J connectivity index is 1.55. The van der Waals surface area contributed by atoms with Gasteiger partial charge in [-0.3, -0.25) is 0 Å². The van der Waals surface area contributed by atoms with Crippen molar-refractivity contribution in [2.75, 3.05) is 19.7 Å². The van der Waals surface area contributed by atoms with E-state index in [9.17, 15) is 0 Å². The van der Waals surface area contributed by atoms with Crippen molar-refractivity contribution in [3.05, 3.63) is 30.3 Å². The molecule has 0 unspecified atom stereocenters. The number of nitrogens with one attached hydrogen (secondary N) is 1. The number of ether oxygens (including phenoxy) is 1. The van der Waals surface area contributed by atoms with Gasteiger partial charge in [0.2, 0.25) is 0 Å². The number of hydrogen-bond acceptors (Lipinski definition) is 2. The van der Waals surface area contributed by atoms with E-state index in [1.807, 2.05) is 30.3 Å². The monoisotopic (exact) mass is 261 g/mol. The predicted octanol–water partition coefficient (Wildman–Crippen LogP) is 4.02. The van der Waals surface area contributed by atoms with E-state index in [0.717, 1.165) is 25.3 Å². The Hall–Kier alpha value is -1.02. The zero-order chi connectivity index (χ0) is 13.4. The first-order valence-electron chi connectivity index (χ1n) is 7.73. The minimum absolute atomic E-state index is 0.598. The molecule has 1 N–H and O–H groups in total. The van der Waals surface area contributed by atoms with Crippen molar-refractivity contribution in [2.24, 2.45) is 5.41 Å². The molecule has 0 radical (unpaired) electrons. The van der Waals surface area contributed by atoms with Gasteiger partial charge in [0.1, 0.15) is 5.75 Å². The molecule has 2 rings (SSSR count). The first-order chi connectivity index (χ1) is 9.35. The van der Waals surface area contributed by atoms with E-state index in [1.165, 1.54) is 38.6 Å². The number of rotatable bonds is 8. The second-order valence-electron chi connectivity index (χ2n) is 5.75. The number of para-hydroxylation sites is 1. The third kappa shape index (κ3) is 4.54. The van der Waals surface area contributed by atoms with Crippen molar-refractivity contribution in [1.82, 2.24) is 5.32 Å². The lowest BCUT2D eigenvalue weighted by atomic mass is 9.83. The van der Waals surface area contributed by atoms with Gasteiger partial charge in [-0.05, 0) is 49.8 Å². The minimum atomic E-state index is 0.598. The fraction of sp³-hybridized carbons (Fsp3) is 0.647. The van der Waals surface area contributed by atoms with Crippen molar-refractivity contribution in [2.45, 2.75) is 45.4 Å². The van der Waals surface area contributed by atoms with Gasteiger partial charge in [0, 0.05) is 6.54 Å². The van der Waals surface area contributed by atoms with Crippen LogP contribution in [0.1, 0.15) is 45.4 Å². The second kappa shape index (κ2) is 7.54. The number of benzene rings is 1. The van der Waals surface area contributed by atoms with Crippen LogP contribution in [0.5, 0.6) is 5.75 Å². The summed E-state index contributed by atoms with van der Waals surface area (Å²) in [4.78, 5) is 0. The quantitative estimate of drug-likeness (QED) is 0.714. The lowest BCUT2D eigenvalue weighted by Crippen LogP contribution is -2.32. The van der Waals surface area contributed by atoms with Crippen molar-refractivity contribution >= 4 is 0 Å². The van der Waals surface area contributed by atoms with E-state index in [4.69, 9.17) is 4.74 Å². The summed E-state index contributed by atoms with van der Waals surface area (Å²) in [6.45, 7) is 5.39. The molecular weight excluding hydrogens is 234 g/mol. The smallest absolute Gasteiger partial charge is 0.119 e. The first-order valence-corrected chi connectivity index (χ1v) is 7.73. The Morgan fingerprint density at radius 3 is 2.58 bits per heavy atom. The van der Waals surface area contributed by atoms with Crippen LogP contribution >= 0.6 is 0 Å². The van der Waals surface area contributed by atoms with Gasteiger partial charge in [0.25, 0.3) is 0 Å². The second-order valence-corrected chi connectivity index (χ2v) is 5.75. The highest BCUT2D eigenvalue weighted by atomic mass is 16.5. The predicted molar refractivity (Wildman–Crippen MR) is 80.6 cm³/mol. The molecular formula is C17H27NO. The molecule has 2 heteroatoms. The van der Waals surface area contributed by atoms with E-state index < -0.39 is 0 Å². The zero-order valence-electron chi connectivity index (χ0n) is 12.2. The molecule has 0 saturated heterocycles. The van der Waals surface area contributed by atoms with Crippen molar-refractivity contribution in [3.63, 3.8) is 0 Å². The summed E-state index contributed by atoms with van der Waals surface area (Å²) in [7, 11) is 0. The first kappa shape index (κ1) is 14.4. The van der Waals surface area contributed by atoms with Crippen LogP contribution in [-0.2, 0) is 0 Å².